The predicted octanol–water partition coefficient (Wildman–Crippen LogP) is 4.14. The van der Waals surface area contributed by atoms with Crippen molar-refractivity contribution in [3.05, 3.63) is 59.9 Å². The summed E-state index contributed by atoms with van der Waals surface area (Å²) in [6, 6.07) is 12.4. The van der Waals surface area contributed by atoms with Gasteiger partial charge in [0.15, 0.2) is 0 Å². The number of halogens is 1. The topological polar surface area (TPSA) is 61.4 Å². The average Bonchev–Trinajstić information content (AvgIpc) is 2.64. The van der Waals surface area contributed by atoms with Gasteiger partial charge in [-0.2, -0.15) is 0 Å². The van der Waals surface area contributed by atoms with E-state index in [1.54, 1.807) is 24.3 Å². The van der Waals surface area contributed by atoms with Gasteiger partial charge in [-0.1, -0.05) is 26.0 Å². The SMILES string of the molecule is CCCN(CCC)CC(=O)Nc1ccccc1C(=O)Nc1ccc(F)cc1. The second-order valence-electron chi connectivity index (χ2n) is 6.33. The summed E-state index contributed by atoms with van der Waals surface area (Å²) in [6.07, 6.45) is 1.95. The number of hydrogen-bond acceptors (Lipinski definition) is 3. The third-order valence-electron chi connectivity index (χ3n) is 3.99. The normalized spacial score (nSPS) is 10.7. The van der Waals surface area contributed by atoms with Gasteiger partial charge in [0, 0.05) is 5.69 Å². The molecular formula is C21H26FN3O2. The highest BCUT2D eigenvalue weighted by Gasteiger charge is 2.15. The van der Waals surface area contributed by atoms with Crippen LogP contribution in [-0.4, -0.2) is 36.3 Å². The molecule has 0 saturated carbocycles. The lowest BCUT2D eigenvalue weighted by molar-refractivity contribution is -0.117. The first-order valence-electron chi connectivity index (χ1n) is 9.21. The molecule has 0 spiro atoms. The molecule has 2 aromatic carbocycles. The van der Waals surface area contributed by atoms with Crippen LogP contribution in [0.25, 0.3) is 0 Å². The number of rotatable bonds is 9. The van der Waals surface area contributed by atoms with E-state index in [1.807, 2.05) is 0 Å². The molecule has 27 heavy (non-hydrogen) atoms. The van der Waals surface area contributed by atoms with Crippen LogP contribution >= 0.6 is 0 Å². The van der Waals surface area contributed by atoms with Gasteiger partial charge in [-0.3, -0.25) is 14.5 Å². The Kier molecular flexibility index (Phi) is 7.95. The van der Waals surface area contributed by atoms with Crippen LogP contribution in [-0.2, 0) is 4.79 Å². The minimum absolute atomic E-state index is 0.154. The molecule has 0 aliphatic heterocycles. The van der Waals surface area contributed by atoms with Gasteiger partial charge < -0.3 is 10.6 Å². The summed E-state index contributed by atoms with van der Waals surface area (Å²) in [5.41, 5.74) is 1.29. The van der Waals surface area contributed by atoms with Crippen LogP contribution in [0, 0.1) is 5.82 Å². The van der Waals surface area contributed by atoms with Gasteiger partial charge in [0.25, 0.3) is 5.91 Å². The van der Waals surface area contributed by atoms with Crippen molar-refractivity contribution in [3.63, 3.8) is 0 Å². The lowest BCUT2D eigenvalue weighted by Gasteiger charge is -2.20. The Hall–Kier alpha value is -2.73. The Morgan fingerprint density at radius 3 is 2.19 bits per heavy atom. The van der Waals surface area contributed by atoms with Gasteiger partial charge in [0.2, 0.25) is 5.91 Å². The maximum absolute atomic E-state index is 13.0. The summed E-state index contributed by atoms with van der Waals surface area (Å²) in [4.78, 5) is 27.1. The molecule has 0 radical (unpaired) electrons. The van der Waals surface area contributed by atoms with E-state index in [4.69, 9.17) is 0 Å². The molecule has 6 heteroatoms. The number of nitrogens with zero attached hydrogens (tertiary/aromatic N) is 1. The van der Waals surface area contributed by atoms with E-state index in [0.717, 1.165) is 25.9 Å². The van der Waals surface area contributed by atoms with E-state index in [0.29, 0.717) is 16.9 Å². The number of para-hydroxylation sites is 1. The van der Waals surface area contributed by atoms with E-state index in [1.165, 1.54) is 24.3 Å². The zero-order valence-electron chi connectivity index (χ0n) is 15.8. The molecule has 0 unspecified atom stereocenters. The molecule has 0 heterocycles. The third-order valence-corrected chi connectivity index (χ3v) is 3.99. The summed E-state index contributed by atoms with van der Waals surface area (Å²) in [7, 11) is 0. The molecule has 0 aliphatic carbocycles. The fourth-order valence-electron chi connectivity index (χ4n) is 2.82. The Morgan fingerprint density at radius 1 is 0.926 bits per heavy atom. The summed E-state index contributed by atoms with van der Waals surface area (Å²) in [6.45, 7) is 6.16. The standard InChI is InChI=1S/C21H26FN3O2/c1-3-13-25(14-4-2)15-20(26)24-19-8-6-5-7-18(19)21(27)23-17-11-9-16(22)10-12-17/h5-12H,3-4,13-15H2,1-2H3,(H,23,27)(H,24,26). The molecule has 0 aromatic heterocycles. The molecule has 0 saturated heterocycles. The zero-order chi connectivity index (χ0) is 19.6. The first kappa shape index (κ1) is 20.6. The van der Waals surface area contributed by atoms with Gasteiger partial charge in [0.1, 0.15) is 5.82 Å². The molecule has 2 N–H and O–H groups in total. The van der Waals surface area contributed by atoms with E-state index in [2.05, 4.69) is 29.4 Å². The summed E-state index contributed by atoms with van der Waals surface area (Å²) in [5.74, 6) is -0.889. The highest BCUT2D eigenvalue weighted by molar-refractivity contribution is 6.10. The van der Waals surface area contributed by atoms with Crippen molar-refractivity contribution in [1.29, 1.82) is 0 Å². The molecule has 2 rings (SSSR count). The number of hydrogen-bond donors (Lipinski definition) is 2. The molecular weight excluding hydrogens is 345 g/mol. The number of amides is 2. The lowest BCUT2D eigenvalue weighted by atomic mass is 10.1. The van der Waals surface area contributed by atoms with Crippen LogP contribution in [0.5, 0.6) is 0 Å². The Balaban J connectivity index is 2.06. The second-order valence-corrected chi connectivity index (χ2v) is 6.33. The minimum atomic E-state index is -0.371. The van der Waals surface area contributed by atoms with Gasteiger partial charge in [-0.25, -0.2) is 4.39 Å². The monoisotopic (exact) mass is 371 g/mol. The summed E-state index contributed by atoms with van der Waals surface area (Å²) in [5, 5.41) is 5.55. The van der Waals surface area contributed by atoms with E-state index in [9.17, 15) is 14.0 Å². The van der Waals surface area contributed by atoms with Gasteiger partial charge >= 0.3 is 0 Å². The quantitative estimate of drug-likeness (QED) is 0.696. The van der Waals surface area contributed by atoms with Crippen molar-refractivity contribution in [2.24, 2.45) is 0 Å². The summed E-state index contributed by atoms with van der Waals surface area (Å²) >= 11 is 0. The average molecular weight is 371 g/mol. The maximum atomic E-state index is 13.0. The zero-order valence-corrected chi connectivity index (χ0v) is 15.8. The number of benzene rings is 2. The van der Waals surface area contributed by atoms with E-state index >= 15 is 0 Å². The van der Waals surface area contributed by atoms with Crippen molar-refractivity contribution in [2.75, 3.05) is 30.3 Å². The molecule has 5 nitrogen and oxygen atoms in total. The van der Waals surface area contributed by atoms with Crippen LogP contribution < -0.4 is 10.6 Å². The molecule has 144 valence electrons. The molecule has 0 aliphatic rings. The van der Waals surface area contributed by atoms with Crippen molar-refractivity contribution < 1.29 is 14.0 Å². The van der Waals surface area contributed by atoms with Crippen LogP contribution in [0.3, 0.4) is 0 Å². The maximum Gasteiger partial charge on any atom is 0.257 e. The summed E-state index contributed by atoms with van der Waals surface area (Å²) < 4.78 is 13.0. The first-order valence-corrected chi connectivity index (χ1v) is 9.21. The fourth-order valence-corrected chi connectivity index (χ4v) is 2.82. The lowest BCUT2D eigenvalue weighted by Crippen LogP contribution is -2.34. The van der Waals surface area contributed by atoms with Crippen molar-refractivity contribution in [1.82, 2.24) is 4.90 Å². The number of carbonyl (C=O) groups is 2. The number of nitrogens with one attached hydrogen (secondary N) is 2. The highest BCUT2D eigenvalue weighted by atomic mass is 19.1. The predicted molar refractivity (Wildman–Crippen MR) is 106 cm³/mol. The van der Waals surface area contributed by atoms with Crippen LogP contribution in [0.15, 0.2) is 48.5 Å². The Bertz CT molecular complexity index is 756. The van der Waals surface area contributed by atoms with Gasteiger partial charge in [0.05, 0.1) is 17.8 Å². The number of carbonyl (C=O) groups excluding carboxylic acids is 2. The largest absolute Gasteiger partial charge is 0.324 e. The Labute approximate surface area is 159 Å². The van der Waals surface area contributed by atoms with Crippen LogP contribution in [0.4, 0.5) is 15.8 Å². The van der Waals surface area contributed by atoms with Crippen molar-refractivity contribution in [3.8, 4) is 0 Å². The fraction of sp³-hybridized carbons (Fsp3) is 0.333. The number of anilines is 2. The van der Waals surface area contributed by atoms with Crippen molar-refractivity contribution >= 4 is 23.2 Å². The molecule has 2 amide bonds. The Morgan fingerprint density at radius 2 is 1.56 bits per heavy atom. The van der Waals surface area contributed by atoms with Crippen LogP contribution in [0.2, 0.25) is 0 Å². The third kappa shape index (κ3) is 6.49. The molecule has 0 bridgehead atoms. The highest BCUT2D eigenvalue weighted by Crippen LogP contribution is 2.18. The molecule has 2 aromatic rings. The second kappa shape index (κ2) is 10.4. The molecule has 0 atom stereocenters. The van der Waals surface area contributed by atoms with E-state index < -0.39 is 0 Å². The smallest absolute Gasteiger partial charge is 0.257 e. The van der Waals surface area contributed by atoms with E-state index in [-0.39, 0.29) is 24.2 Å². The van der Waals surface area contributed by atoms with Crippen molar-refractivity contribution in [2.45, 2.75) is 26.7 Å². The van der Waals surface area contributed by atoms with Gasteiger partial charge in [-0.15, -0.1) is 0 Å². The minimum Gasteiger partial charge on any atom is -0.324 e. The molecule has 0 fully saturated rings. The first-order chi connectivity index (χ1) is 13.0. The van der Waals surface area contributed by atoms with Gasteiger partial charge in [-0.05, 0) is 62.3 Å². The van der Waals surface area contributed by atoms with Crippen LogP contribution in [0.1, 0.15) is 37.0 Å².